The first-order valence-electron chi connectivity index (χ1n) is 7.91. The van der Waals surface area contributed by atoms with Gasteiger partial charge < -0.3 is 4.74 Å². The number of halogens is 2. The van der Waals surface area contributed by atoms with E-state index in [1.807, 2.05) is 36.4 Å². The Bertz CT molecular complexity index is 1040. The van der Waals surface area contributed by atoms with E-state index in [2.05, 4.69) is 4.72 Å². The van der Waals surface area contributed by atoms with E-state index in [1.54, 1.807) is 6.07 Å². The van der Waals surface area contributed by atoms with Crippen molar-refractivity contribution in [1.29, 1.82) is 0 Å². The first-order chi connectivity index (χ1) is 12.8. The van der Waals surface area contributed by atoms with Gasteiger partial charge in [-0.05, 0) is 29.0 Å². The zero-order valence-corrected chi connectivity index (χ0v) is 16.1. The fourth-order valence-electron chi connectivity index (χ4n) is 2.36. The van der Waals surface area contributed by atoms with Gasteiger partial charge in [0.2, 0.25) is 0 Å². The highest BCUT2D eigenvalue weighted by Gasteiger charge is 2.18. The third kappa shape index (κ3) is 4.44. The summed E-state index contributed by atoms with van der Waals surface area (Å²) in [6.07, 6.45) is 0. The van der Waals surface area contributed by atoms with Crippen LogP contribution in [0.2, 0.25) is 5.02 Å². The lowest BCUT2D eigenvalue weighted by molar-refractivity contribution is 0.0977. The maximum Gasteiger partial charge on any atom is 0.266 e. The molecule has 8 heteroatoms. The monoisotopic (exact) mass is 406 g/mol. The van der Waals surface area contributed by atoms with E-state index in [-0.39, 0.29) is 16.3 Å². The average molecular weight is 407 g/mol. The number of nitrogens with zero attached hydrogens (tertiary/aromatic N) is 1. The summed E-state index contributed by atoms with van der Waals surface area (Å²) in [5.74, 6) is -1.10. The molecule has 0 aliphatic heterocycles. The van der Waals surface area contributed by atoms with Crippen LogP contribution in [0.25, 0.3) is 10.8 Å². The van der Waals surface area contributed by atoms with E-state index < -0.39 is 22.9 Å². The zero-order chi connectivity index (χ0) is 19.6. The van der Waals surface area contributed by atoms with E-state index >= 15 is 0 Å². The number of ether oxygens (including phenoxy) is 1. The molecule has 0 aliphatic carbocycles. The summed E-state index contributed by atoms with van der Waals surface area (Å²) in [4.78, 5) is 12.1. The number of nitrogens with one attached hydrogen (secondary N) is 1. The van der Waals surface area contributed by atoms with Gasteiger partial charge in [-0.25, -0.2) is 12.9 Å². The predicted molar refractivity (Wildman–Crippen MR) is 105 cm³/mol. The highest BCUT2D eigenvalue weighted by atomic mass is 35.5. The molecule has 0 saturated carbocycles. The van der Waals surface area contributed by atoms with Gasteiger partial charge in [-0.1, -0.05) is 41.9 Å². The van der Waals surface area contributed by atoms with Crippen molar-refractivity contribution in [3.63, 3.8) is 0 Å². The summed E-state index contributed by atoms with van der Waals surface area (Å²) in [7, 11) is 3.03. The summed E-state index contributed by atoms with van der Waals surface area (Å²) >= 11 is 4.38. The Labute approximate surface area is 163 Å². The Morgan fingerprint density at radius 3 is 2.52 bits per heavy atom. The lowest BCUT2D eigenvalue weighted by atomic mass is 10.1. The summed E-state index contributed by atoms with van der Waals surface area (Å²) in [6.45, 7) is 0. The molecule has 5 nitrogen and oxygen atoms in total. The van der Waals surface area contributed by atoms with E-state index in [1.165, 1.54) is 18.4 Å². The van der Waals surface area contributed by atoms with E-state index in [0.717, 1.165) is 22.9 Å². The summed E-state index contributed by atoms with van der Waals surface area (Å²) in [5.41, 5.74) is -0.318. The van der Waals surface area contributed by atoms with Crippen LogP contribution in [0.15, 0.2) is 54.6 Å². The Balaban J connectivity index is 1.85. The van der Waals surface area contributed by atoms with Crippen molar-refractivity contribution in [2.75, 3.05) is 14.1 Å². The fraction of sp³-hybridized carbons (Fsp3) is 0.105. The molecular formula is C19H16ClFN2O3S. The van der Waals surface area contributed by atoms with Crippen molar-refractivity contribution in [1.82, 2.24) is 9.03 Å². The number of fused-ring (bicyclic) bond motifs is 1. The maximum absolute atomic E-state index is 14.4. The van der Waals surface area contributed by atoms with Gasteiger partial charge in [-0.2, -0.15) is 0 Å². The molecular weight excluding hydrogens is 391 g/mol. The molecule has 0 radical (unpaired) electrons. The van der Waals surface area contributed by atoms with E-state index in [0.29, 0.717) is 5.75 Å². The van der Waals surface area contributed by atoms with Gasteiger partial charge in [-0.15, -0.1) is 0 Å². The number of carbonyl (C=O) groups excluding carboxylic acids is 1. The molecule has 1 unspecified atom stereocenters. The summed E-state index contributed by atoms with van der Waals surface area (Å²) < 4.78 is 35.2. The lowest BCUT2D eigenvalue weighted by Crippen LogP contribution is -2.34. The van der Waals surface area contributed by atoms with Crippen LogP contribution in [-0.4, -0.2) is 28.5 Å². The van der Waals surface area contributed by atoms with Crippen molar-refractivity contribution in [2.24, 2.45) is 0 Å². The molecule has 0 aromatic heterocycles. The van der Waals surface area contributed by atoms with Crippen molar-refractivity contribution < 1.29 is 18.1 Å². The molecule has 0 aliphatic rings. The van der Waals surface area contributed by atoms with Gasteiger partial charge >= 0.3 is 0 Å². The molecule has 1 atom stereocenters. The molecule has 27 heavy (non-hydrogen) atoms. The van der Waals surface area contributed by atoms with Gasteiger partial charge in [0.15, 0.2) is 11.2 Å². The highest BCUT2D eigenvalue weighted by molar-refractivity contribution is 7.81. The molecule has 0 saturated heterocycles. The molecule has 3 rings (SSSR count). The molecule has 0 bridgehead atoms. The summed E-state index contributed by atoms with van der Waals surface area (Å²) in [5, 5.41) is 2.07. The van der Waals surface area contributed by atoms with Crippen LogP contribution in [0, 0.1) is 5.82 Å². The molecule has 1 N–H and O–H groups in total. The minimum Gasteiger partial charge on any atom is -0.456 e. The Kier molecular flexibility index (Phi) is 5.74. The molecule has 0 fully saturated rings. The molecule has 3 aromatic rings. The van der Waals surface area contributed by atoms with E-state index in [9.17, 15) is 13.4 Å². The van der Waals surface area contributed by atoms with Crippen molar-refractivity contribution in [2.45, 2.75) is 0 Å². The molecule has 0 heterocycles. The van der Waals surface area contributed by atoms with Crippen LogP contribution in [0.1, 0.15) is 10.4 Å². The largest absolute Gasteiger partial charge is 0.456 e. The number of rotatable bonds is 5. The first kappa shape index (κ1) is 19.3. The van der Waals surface area contributed by atoms with Gasteiger partial charge in [0.25, 0.3) is 5.91 Å². The zero-order valence-electron chi connectivity index (χ0n) is 14.5. The second kappa shape index (κ2) is 8.04. The van der Waals surface area contributed by atoms with Gasteiger partial charge in [0, 0.05) is 20.2 Å². The third-order valence-electron chi connectivity index (χ3n) is 3.73. The SMILES string of the molecule is CN(C)S(=O)NC(=O)c1cc(Cl)c(Oc2ccc3ccccc3c2)cc1F. The third-order valence-corrected chi connectivity index (χ3v) is 5.05. The fourth-order valence-corrected chi connectivity index (χ4v) is 3.02. The normalized spacial score (nSPS) is 12.2. The second-order valence-electron chi connectivity index (χ2n) is 5.87. The maximum atomic E-state index is 14.4. The number of benzene rings is 3. The lowest BCUT2D eigenvalue weighted by Gasteiger charge is -2.13. The smallest absolute Gasteiger partial charge is 0.266 e. The second-order valence-corrected chi connectivity index (χ2v) is 7.71. The van der Waals surface area contributed by atoms with Crippen LogP contribution in [0.5, 0.6) is 11.5 Å². The molecule has 3 aromatic carbocycles. The van der Waals surface area contributed by atoms with Gasteiger partial charge in [0.05, 0.1) is 10.6 Å². The average Bonchev–Trinajstić information content (AvgIpc) is 2.64. The standard InChI is InChI=1S/C19H16ClFN2O3S/c1-23(2)27(25)22-19(24)15-10-16(20)18(11-17(15)21)26-14-8-7-12-5-3-4-6-13(12)9-14/h3-11H,1-2H3,(H,22,24). The molecule has 0 spiro atoms. The molecule has 140 valence electrons. The van der Waals surface area contributed by atoms with Crippen LogP contribution >= 0.6 is 11.6 Å². The Morgan fingerprint density at radius 2 is 1.81 bits per heavy atom. The van der Waals surface area contributed by atoms with Crippen LogP contribution in [-0.2, 0) is 11.2 Å². The van der Waals surface area contributed by atoms with Crippen molar-refractivity contribution in [3.05, 3.63) is 71.0 Å². The van der Waals surface area contributed by atoms with Crippen LogP contribution in [0.3, 0.4) is 0 Å². The van der Waals surface area contributed by atoms with Crippen molar-refractivity contribution >= 4 is 39.5 Å². The molecule has 1 amide bonds. The van der Waals surface area contributed by atoms with Gasteiger partial charge in [0.1, 0.15) is 17.3 Å². The summed E-state index contributed by atoms with van der Waals surface area (Å²) in [6, 6.07) is 15.4. The number of hydrogen-bond donors (Lipinski definition) is 1. The minimum absolute atomic E-state index is 0.0605. The highest BCUT2D eigenvalue weighted by Crippen LogP contribution is 2.33. The number of hydrogen-bond acceptors (Lipinski definition) is 3. The topological polar surface area (TPSA) is 58.6 Å². The van der Waals surface area contributed by atoms with Crippen molar-refractivity contribution in [3.8, 4) is 11.5 Å². The minimum atomic E-state index is -1.77. The van der Waals surface area contributed by atoms with Crippen LogP contribution < -0.4 is 9.46 Å². The number of amides is 1. The Hall–Kier alpha value is -2.48. The Morgan fingerprint density at radius 1 is 1.11 bits per heavy atom. The van der Waals surface area contributed by atoms with Gasteiger partial charge in [-0.3, -0.25) is 9.52 Å². The predicted octanol–water partition coefficient (Wildman–Crippen LogP) is 4.29. The van der Waals surface area contributed by atoms with Crippen LogP contribution in [0.4, 0.5) is 4.39 Å². The first-order valence-corrected chi connectivity index (χ1v) is 9.39. The number of carbonyl (C=O) groups is 1. The van der Waals surface area contributed by atoms with E-state index in [4.69, 9.17) is 16.3 Å². The quantitative estimate of drug-likeness (QED) is 0.687.